The minimum atomic E-state index is 0.0568. The number of anilines is 1. The van der Waals surface area contributed by atoms with Crippen LogP contribution >= 0.6 is 23.2 Å². The van der Waals surface area contributed by atoms with E-state index in [1.807, 2.05) is 30.9 Å². The standard InChI is InChI=1S/C14H18Cl2N2O/c1-10(2)14(19)18-7-5-17(6-8-18)13-9-11(15)3-4-12(13)16/h3-4,9-10H,5-8H2,1-2H3. The summed E-state index contributed by atoms with van der Waals surface area (Å²) in [5.41, 5.74) is 0.950. The molecule has 1 fully saturated rings. The van der Waals surface area contributed by atoms with Gasteiger partial charge in [-0.1, -0.05) is 37.0 Å². The maximum atomic E-state index is 11.9. The second-order valence-corrected chi connectivity index (χ2v) is 5.91. The summed E-state index contributed by atoms with van der Waals surface area (Å²) in [6.45, 7) is 6.92. The highest BCUT2D eigenvalue weighted by atomic mass is 35.5. The Hall–Kier alpha value is -0.930. The van der Waals surface area contributed by atoms with Gasteiger partial charge < -0.3 is 9.80 Å². The van der Waals surface area contributed by atoms with Crippen molar-refractivity contribution in [3.8, 4) is 0 Å². The van der Waals surface area contributed by atoms with E-state index in [1.54, 1.807) is 6.07 Å². The lowest BCUT2D eigenvalue weighted by Crippen LogP contribution is -2.50. The molecule has 0 unspecified atom stereocenters. The molecule has 1 amide bonds. The number of halogens is 2. The molecule has 0 spiro atoms. The number of carbonyl (C=O) groups excluding carboxylic acids is 1. The Morgan fingerprint density at radius 3 is 2.37 bits per heavy atom. The molecule has 0 radical (unpaired) electrons. The number of nitrogens with zero attached hydrogens (tertiary/aromatic N) is 2. The molecular formula is C14H18Cl2N2O. The molecular weight excluding hydrogens is 283 g/mol. The average Bonchev–Trinajstić information content (AvgIpc) is 2.41. The lowest BCUT2D eigenvalue weighted by molar-refractivity contribution is -0.134. The van der Waals surface area contributed by atoms with E-state index in [0.717, 1.165) is 31.9 Å². The van der Waals surface area contributed by atoms with Gasteiger partial charge in [0.1, 0.15) is 0 Å². The molecule has 0 bridgehead atoms. The molecule has 104 valence electrons. The van der Waals surface area contributed by atoms with Crippen LogP contribution in [0.2, 0.25) is 10.0 Å². The largest absolute Gasteiger partial charge is 0.367 e. The Kier molecular flexibility index (Phi) is 4.58. The van der Waals surface area contributed by atoms with Gasteiger partial charge in [0.15, 0.2) is 0 Å². The molecule has 2 rings (SSSR count). The molecule has 0 saturated carbocycles. The Labute approximate surface area is 124 Å². The Bertz CT molecular complexity index is 469. The zero-order chi connectivity index (χ0) is 14.0. The third-order valence-corrected chi connectivity index (χ3v) is 3.89. The van der Waals surface area contributed by atoms with Crippen molar-refractivity contribution in [1.82, 2.24) is 4.90 Å². The quantitative estimate of drug-likeness (QED) is 0.837. The Morgan fingerprint density at radius 2 is 1.79 bits per heavy atom. The molecule has 1 aromatic carbocycles. The first kappa shape index (κ1) is 14.5. The molecule has 1 aromatic rings. The summed E-state index contributed by atoms with van der Waals surface area (Å²) in [7, 11) is 0. The first-order valence-electron chi connectivity index (χ1n) is 6.48. The summed E-state index contributed by atoms with van der Waals surface area (Å²) in [6.07, 6.45) is 0. The van der Waals surface area contributed by atoms with Crippen LogP contribution in [0.3, 0.4) is 0 Å². The van der Waals surface area contributed by atoms with Crippen molar-refractivity contribution >= 4 is 34.8 Å². The molecule has 1 heterocycles. The molecule has 3 nitrogen and oxygen atoms in total. The van der Waals surface area contributed by atoms with E-state index in [-0.39, 0.29) is 11.8 Å². The highest BCUT2D eigenvalue weighted by Gasteiger charge is 2.23. The molecule has 5 heteroatoms. The van der Waals surface area contributed by atoms with Crippen LogP contribution in [0, 0.1) is 5.92 Å². The molecule has 1 aliphatic heterocycles. The second kappa shape index (κ2) is 6.02. The molecule has 0 aliphatic carbocycles. The van der Waals surface area contributed by atoms with Gasteiger partial charge in [0, 0.05) is 37.1 Å². The molecule has 0 atom stereocenters. The normalized spacial score (nSPS) is 16.1. The minimum absolute atomic E-state index is 0.0568. The highest BCUT2D eigenvalue weighted by molar-refractivity contribution is 6.35. The number of amides is 1. The van der Waals surface area contributed by atoms with E-state index in [2.05, 4.69) is 4.90 Å². The van der Waals surface area contributed by atoms with Gasteiger partial charge in [-0.25, -0.2) is 0 Å². The van der Waals surface area contributed by atoms with Crippen molar-refractivity contribution < 1.29 is 4.79 Å². The van der Waals surface area contributed by atoms with Crippen molar-refractivity contribution in [2.45, 2.75) is 13.8 Å². The topological polar surface area (TPSA) is 23.6 Å². The number of hydrogen-bond donors (Lipinski definition) is 0. The van der Waals surface area contributed by atoms with Gasteiger partial charge in [0.25, 0.3) is 0 Å². The molecule has 19 heavy (non-hydrogen) atoms. The number of benzene rings is 1. The Balaban J connectivity index is 2.04. The van der Waals surface area contributed by atoms with Crippen molar-refractivity contribution in [3.05, 3.63) is 28.2 Å². The van der Waals surface area contributed by atoms with Crippen LogP contribution < -0.4 is 4.90 Å². The van der Waals surface area contributed by atoms with Crippen LogP contribution in [-0.4, -0.2) is 37.0 Å². The average molecular weight is 301 g/mol. The van der Waals surface area contributed by atoms with Gasteiger partial charge in [-0.2, -0.15) is 0 Å². The molecule has 1 saturated heterocycles. The predicted molar refractivity (Wildman–Crippen MR) is 80.1 cm³/mol. The van der Waals surface area contributed by atoms with Crippen molar-refractivity contribution in [2.75, 3.05) is 31.1 Å². The van der Waals surface area contributed by atoms with Crippen LogP contribution in [0.15, 0.2) is 18.2 Å². The van der Waals surface area contributed by atoms with Crippen LogP contribution in [-0.2, 0) is 4.79 Å². The van der Waals surface area contributed by atoms with Crippen molar-refractivity contribution in [1.29, 1.82) is 0 Å². The first-order valence-corrected chi connectivity index (χ1v) is 7.23. The monoisotopic (exact) mass is 300 g/mol. The summed E-state index contributed by atoms with van der Waals surface area (Å²) in [4.78, 5) is 16.0. The molecule has 0 N–H and O–H groups in total. The number of hydrogen-bond acceptors (Lipinski definition) is 2. The summed E-state index contributed by atoms with van der Waals surface area (Å²) in [5.74, 6) is 0.276. The van der Waals surface area contributed by atoms with E-state index >= 15 is 0 Å². The van der Waals surface area contributed by atoms with Gasteiger partial charge in [-0.3, -0.25) is 4.79 Å². The van der Waals surface area contributed by atoms with E-state index in [0.29, 0.717) is 10.0 Å². The lowest BCUT2D eigenvalue weighted by Gasteiger charge is -2.37. The summed E-state index contributed by atoms with van der Waals surface area (Å²) in [5, 5.41) is 1.38. The third kappa shape index (κ3) is 3.34. The predicted octanol–water partition coefficient (Wildman–Crippen LogP) is 3.30. The smallest absolute Gasteiger partial charge is 0.225 e. The fourth-order valence-electron chi connectivity index (χ4n) is 2.26. The van der Waals surface area contributed by atoms with E-state index < -0.39 is 0 Å². The maximum Gasteiger partial charge on any atom is 0.225 e. The maximum absolute atomic E-state index is 11.9. The van der Waals surface area contributed by atoms with E-state index in [1.165, 1.54) is 0 Å². The van der Waals surface area contributed by atoms with Gasteiger partial charge >= 0.3 is 0 Å². The van der Waals surface area contributed by atoms with Crippen molar-refractivity contribution in [3.63, 3.8) is 0 Å². The SMILES string of the molecule is CC(C)C(=O)N1CCN(c2cc(Cl)ccc2Cl)CC1. The fraction of sp³-hybridized carbons (Fsp3) is 0.500. The number of piperazine rings is 1. The Morgan fingerprint density at radius 1 is 1.16 bits per heavy atom. The number of carbonyl (C=O) groups is 1. The summed E-state index contributed by atoms with van der Waals surface area (Å²) >= 11 is 12.2. The summed E-state index contributed by atoms with van der Waals surface area (Å²) < 4.78 is 0. The molecule has 1 aliphatic rings. The highest BCUT2D eigenvalue weighted by Crippen LogP contribution is 2.29. The molecule has 0 aromatic heterocycles. The summed E-state index contributed by atoms with van der Waals surface area (Å²) in [6, 6.07) is 5.47. The zero-order valence-electron chi connectivity index (χ0n) is 11.2. The van der Waals surface area contributed by atoms with Gasteiger partial charge in [-0.05, 0) is 18.2 Å². The zero-order valence-corrected chi connectivity index (χ0v) is 12.7. The minimum Gasteiger partial charge on any atom is -0.367 e. The van der Waals surface area contributed by atoms with Crippen LogP contribution in [0.25, 0.3) is 0 Å². The third-order valence-electron chi connectivity index (χ3n) is 3.33. The first-order chi connectivity index (χ1) is 8.99. The number of rotatable bonds is 2. The van der Waals surface area contributed by atoms with E-state index in [4.69, 9.17) is 23.2 Å². The van der Waals surface area contributed by atoms with Gasteiger partial charge in [0.05, 0.1) is 10.7 Å². The van der Waals surface area contributed by atoms with E-state index in [9.17, 15) is 4.79 Å². The fourth-order valence-corrected chi connectivity index (χ4v) is 2.66. The van der Waals surface area contributed by atoms with Crippen LogP contribution in [0.5, 0.6) is 0 Å². The van der Waals surface area contributed by atoms with Gasteiger partial charge in [0.2, 0.25) is 5.91 Å². The van der Waals surface area contributed by atoms with Gasteiger partial charge in [-0.15, -0.1) is 0 Å². The van der Waals surface area contributed by atoms with Crippen molar-refractivity contribution in [2.24, 2.45) is 5.92 Å². The second-order valence-electron chi connectivity index (χ2n) is 5.06. The lowest BCUT2D eigenvalue weighted by atomic mass is 10.1. The van der Waals surface area contributed by atoms with Crippen LogP contribution in [0.1, 0.15) is 13.8 Å². The van der Waals surface area contributed by atoms with Crippen LogP contribution in [0.4, 0.5) is 5.69 Å².